The predicted molar refractivity (Wildman–Crippen MR) is 96.9 cm³/mol. The summed E-state index contributed by atoms with van der Waals surface area (Å²) in [6.07, 6.45) is 2.14. The van der Waals surface area contributed by atoms with Crippen LogP contribution in [0.15, 0.2) is 53.9 Å². The van der Waals surface area contributed by atoms with Crippen LogP contribution in [0.2, 0.25) is 0 Å². The molecule has 0 spiro atoms. The molecule has 0 atom stereocenters. The number of carbonyl (C=O) groups is 1. The number of thiophene rings is 2. The molecule has 4 rings (SSSR count). The van der Waals surface area contributed by atoms with Crippen LogP contribution >= 0.6 is 22.7 Å². The summed E-state index contributed by atoms with van der Waals surface area (Å²) < 4.78 is 13.9. The van der Waals surface area contributed by atoms with Crippen LogP contribution in [0.3, 0.4) is 0 Å². The largest absolute Gasteiger partial charge is 0.330 e. The Morgan fingerprint density at radius 1 is 1.12 bits per heavy atom. The summed E-state index contributed by atoms with van der Waals surface area (Å²) in [5, 5.41) is 2.03. The second-order valence-corrected chi connectivity index (χ2v) is 8.00. The summed E-state index contributed by atoms with van der Waals surface area (Å²) in [5.74, 6) is -0.200. The lowest BCUT2D eigenvalue weighted by Gasteiger charge is -2.21. The van der Waals surface area contributed by atoms with Crippen molar-refractivity contribution in [3.05, 3.63) is 69.5 Å². The first-order valence-electron chi connectivity index (χ1n) is 7.90. The first-order valence-corrected chi connectivity index (χ1v) is 9.60. The number of amides is 1. The van der Waals surface area contributed by atoms with E-state index in [-0.39, 0.29) is 11.7 Å². The molecular weight excluding hydrogens is 341 g/mol. The van der Waals surface area contributed by atoms with E-state index in [9.17, 15) is 9.18 Å². The van der Waals surface area contributed by atoms with Gasteiger partial charge in [-0.15, -0.1) is 22.7 Å². The Kier molecular flexibility index (Phi) is 4.21. The van der Waals surface area contributed by atoms with Gasteiger partial charge in [0.15, 0.2) is 0 Å². The van der Waals surface area contributed by atoms with E-state index < -0.39 is 0 Å². The second kappa shape index (κ2) is 6.49. The van der Waals surface area contributed by atoms with Crippen LogP contribution in [0, 0.1) is 5.82 Å². The summed E-state index contributed by atoms with van der Waals surface area (Å²) in [7, 11) is 0. The number of halogens is 1. The minimum absolute atomic E-state index is 0.0542. The van der Waals surface area contributed by atoms with Gasteiger partial charge in [-0.3, -0.25) is 4.79 Å². The van der Waals surface area contributed by atoms with Gasteiger partial charge in [-0.25, -0.2) is 4.39 Å². The Morgan fingerprint density at radius 2 is 1.96 bits per heavy atom. The van der Waals surface area contributed by atoms with E-state index >= 15 is 0 Å². The number of benzene rings is 1. The Hall–Kier alpha value is -1.98. The average Bonchev–Trinajstić information content (AvgIpc) is 3.10. The highest BCUT2D eigenvalue weighted by atomic mass is 32.1. The maximum Gasteiger partial charge on any atom is 0.264 e. The lowest BCUT2D eigenvalue weighted by atomic mass is 10.2. The average molecular weight is 357 g/mol. The molecule has 5 heteroatoms. The Balaban J connectivity index is 1.58. The third-order valence-electron chi connectivity index (χ3n) is 4.11. The van der Waals surface area contributed by atoms with E-state index in [4.69, 9.17) is 0 Å². The highest BCUT2D eigenvalue weighted by Gasteiger charge is 2.33. The summed E-state index contributed by atoms with van der Waals surface area (Å²) in [5.41, 5.74) is 0.553. The van der Waals surface area contributed by atoms with Gasteiger partial charge in [0.25, 0.3) is 5.91 Å². The van der Waals surface area contributed by atoms with Gasteiger partial charge in [0, 0.05) is 21.4 Å². The highest BCUT2D eigenvalue weighted by molar-refractivity contribution is 7.17. The molecule has 122 valence electrons. The van der Waals surface area contributed by atoms with E-state index in [1.165, 1.54) is 22.3 Å². The van der Waals surface area contributed by atoms with E-state index in [1.54, 1.807) is 23.5 Å². The third kappa shape index (κ3) is 3.14. The van der Waals surface area contributed by atoms with Crippen LogP contribution in [0.25, 0.3) is 10.4 Å². The van der Waals surface area contributed by atoms with Gasteiger partial charge in [-0.05, 0) is 42.5 Å². The molecule has 1 fully saturated rings. The van der Waals surface area contributed by atoms with Crippen LogP contribution < -0.4 is 0 Å². The van der Waals surface area contributed by atoms with Gasteiger partial charge in [0.05, 0.1) is 11.4 Å². The van der Waals surface area contributed by atoms with Crippen molar-refractivity contribution in [1.82, 2.24) is 4.90 Å². The minimum atomic E-state index is -0.254. The monoisotopic (exact) mass is 357 g/mol. The van der Waals surface area contributed by atoms with Crippen LogP contribution in [-0.4, -0.2) is 16.8 Å². The normalized spacial score (nSPS) is 13.9. The molecule has 1 saturated carbocycles. The molecule has 24 heavy (non-hydrogen) atoms. The standard InChI is InChI=1S/C19H16FNOS2/c20-16-6-2-1-5-15(16)17-9-10-18(24-17)19(22)21(13-7-8-13)12-14-4-3-11-23-14/h1-6,9-11,13H,7-8,12H2. The van der Waals surface area contributed by atoms with Gasteiger partial charge >= 0.3 is 0 Å². The van der Waals surface area contributed by atoms with Gasteiger partial charge in [0.1, 0.15) is 5.82 Å². The number of hydrogen-bond acceptors (Lipinski definition) is 3. The Labute approximate surface area is 148 Å². The molecule has 1 aliphatic carbocycles. The lowest BCUT2D eigenvalue weighted by molar-refractivity contribution is 0.0736. The van der Waals surface area contributed by atoms with Crippen molar-refractivity contribution in [3.63, 3.8) is 0 Å². The molecule has 2 nitrogen and oxygen atoms in total. The van der Waals surface area contributed by atoms with Gasteiger partial charge in [-0.2, -0.15) is 0 Å². The number of carbonyl (C=O) groups excluding carboxylic acids is 1. The third-order valence-corrected chi connectivity index (χ3v) is 6.08. The van der Waals surface area contributed by atoms with E-state index in [0.29, 0.717) is 23.0 Å². The SMILES string of the molecule is O=C(c1ccc(-c2ccccc2F)s1)N(Cc1cccs1)C1CC1. The fourth-order valence-corrected chi connectivity index (χ4v) is 4.42. The molecule has 1 aliphatic rings. The van der Waals surface area contributed by atoms with E-state index in [2.05, 4.69) is 6.07 Å². The number of hydrogen-bond donors (Lipinski definition) is 0. The maximum absolute atomic E-state index is 13.9. The second-order valence-electron chi connectivity index (χ2n) is 5.89. The number of rotatable bonds is 5. The summed E-state index contributed by atoms with van der Waals surface area (Å²) in [6.45, 7) is 0.661. The van der Waals surface area contributed by atoms with Crippen LogP contribution in [0.1, 0.15) is 27.4 Å². The molecule has 0 radical (unpaired) electrons. The highest BCUT2D eigenvalue weighted by Crippen LogP contribution is 2.34. The van der Waals surface area contributed by atoms with Gasteiger partial charge in [-0.1, -0.05) is 24.3 Å². The van der Waals surface area contributed by atoms with E-state index in [1.807, 2.05) is 34.5 Å². The topological polar surface area (TPSA) is 20.3 Å². The molecule has 2 heterocycles. The van der Waals surface area contributed by atoms with Crippen LogP contribution in [0.5, 0.6) is 0 Å². The van der Waals surface area contributed by atoms with Crippen molar-refractivity contribution >= 4 is 28.6 Å². The Bertz CT molecular complexity index is 852. The zero-order valence-corrected chi connectivity index (χ0v) is 14.6. The molecule has 1 amide bonds. The van der Waals surface area contributed by atoms with Crippen LogP contribution in [0.4, 0.5) is 4.39 Å². The van der Waals surface area contributed by atoms with Gasteiger partial charge in [0.2, 0.25) is 0 Å². The quantitative estimate of drug-likeness (QED) is 0.597. The lowest BCUT2D eigenvalue weighted by Crippen LogP contribution is -2.31. The summed E-state index contributed by atoms with van der Waals surface area (Å²) in [4.78, 5) is 17.6. The zero-order valence-electron chi connectivity index (χ0n) is 12.9. The summed E-state index contributed by atoms with van der Waals surface area (Å²) >= 11 is 3.04. The molecule has 1 aromatic carbocycles. The van der Waals surface area contributed by atoms with Crippen LogP contribution in [-0.2, 0) is 6.54 Å². The molecule has 0 aliphatic heterocycles. The first kappa shape index (κ1) is 15.5. The summed E-state index contributed by atoms with van der Waals surface area (Å²) in [6, 6.07) is 14.8. The first-order chi connectivity index (χ1) is 11.7. The molecule has 0 unspecified atom stereocenters. The van der Waals surface area contributed by atoms with Crippen molar-refractivity contribution in [3.8, 4) is 10.4 Å². The smallest absolute Gasteiger partial charge is 0.264 e. The molecule has 0 N–H and O–H groups in total. The number of nitrogens with zero attached hydrogens (tertiary/aromatic N) is 1. The molecule has 2 aromatic heterocycles. The Morgan fingerprint density at radius 3 is 2.67 bits per heavy atom. The molecule has 0 bridgehead atoms. The van der Waals surface area contributed by atoms with Crippen molar-refractivity contribution in [2.45, 2.75) is 25.4 Å². The predicted octanol–water partition coefficient (Wildman–Crippen LogP) is 5.42. The maximum atomic E-state index is 13.9. The fourth-order valence-electron chi connectivity index (χ4n) is 2.72. The molecule has 0 saturated heterocycles. The minimum Gasteiger partial charge on any atom is -0.330 e. The van der Waals surface area contributed by atoms with Crippen molar-refractivity contribution in [1.29, 1.82) is 0 Å². The van der Waals surface area contributed by atoms with E-state index in [0.717, 1.165) is 17.7 Å². The van der Waals surface area contributed by atoms with Crippen molar-refractivity contribution < 1.29 is 9.18 Å². The molecule has 3 aromatic rings. The molecular formula is C19H16FNOS2. The van der Waals surface area contributed by atoms with Gasteiger partial charge < -0.3 is 4.90 Å². The zero-order chi connectivity index (χ0) is 16.5. The fraction of sp³-hybridized carbons (Fsp3) is 0.211. The van der Waals surface area contributed by atoms with Crippen molar-refractivity contribution in [2.24, 2.45) is 0 Å². The van der Waals surface area contributed by atoms with Crippen molar-refractivity contribution in [2.75, 3.05) is 0 Å².